The van der Waals surface area contributed by atoms with Crippen molar-refractivity contribution in [1.29, 1.82) is 0 Å². The van der Waals surface area contributed by atoms with Gasteiger partial charge >= 0.3 is 0 Å². The third-order valence-electron chi connectivity index (χ3n) is 8.09. The highest BCUT2D eigenvalue weighted by Gasteiger charge is 2.41. The van der Waals surface area contributed by atoms with E-state index >= 15 is 0 Å². The van der Waals surface area contributed by atoms with Crippen LogP contribution in [0.1, 0.15) is 42.8 Å². The average molecular weight is 571 g/mol. The Kier molecular flexibility index (Phi) is 9.11. The van der Waals surface area contributed by atoms with E-state index in [1.807, 2.05) is 35.8 Å². The lowest BCUT2D eigenvalue weighted by Crippen LogP contribution is -2.48. The van der Waals surface area contributed by atoms with Crippen molar-refractivity contribution in [2.24, 2.45) is 11.8 Å². The molecular weight excluding hydrogens is 533 g/mol. The van der Waals surface area contributed by atoms with Gasteiger partial charge in [-0.25, -0.2) is 18.2 Å². The maximum absolute atomic E-state index is 15.0. The maximum atomic E-state index is 15.0. The zero-order chi connectivity index (χ0) is 29.1. The second-order valence-corrected chi connectivity index (χ2v) is 11.2. The molecule has 1 aromatic heterocycles. The van der Waals surface area contributed by atoms with Crippen LogP contribution in [0.5, 0.6) is 0 Å². The Morgan fingerprint density at radius 3 is 2.66 bits per heavy atom. The molecule has 2 saturated heterocycles. The van der Waals surface area contributed by atoms with E-state index in [1.165, 1.54) is 6.92 Å². The van der Waals surface area contributed by atoms with Crippen LogP contribution in [0, 0.1) is 30.4 Å². The molecule has 3 heterocycles. The van der Waals surface area contributed by atoms with Gasteiger partial charge in [0.05, 0.1) is 11.7 Å². The fourth-order valence-electron chi connectivity index (χ4n) is 5.97. The Balaban J connectivity index is 1.66. The number of ether oxygens (including phenoxy) is 1. The lowest BCUT2D eigenvalue weighted by atomic mass is 9.88. The SMILES string of the molecule is Cc1cccc(Cn2cc(-c3cc(F)ccc3F)nc2C(C2CCOCC2)N(CC2CNCC2F)C(=O)C(C)O)c1. The molecule has 5 rings (SSSR count). The standard InChI is InChI=1S/C31H37F3N4O3/c1-19-4-3-5-21(12-19)16-37-18-28(25-13-24(32)6-7-26(25)33)36-30(37)29(22-8-10-41-11-9-22)38(31(40)20(2)39)17-23-14-35-15-27(23)34/h3-7,12-13,18,20,22-23,27,29,35,39H,8-11,14-17H2,1-2H3. The third-order valence-corrected chi connectivity index (χ3v) is 8.09. The number of aliphatic hydroxyl groups excluding tert-OH is 1. The molecule has 10 heteroatoms. The van der Waals surface area contributed by atoms with Crippen molar-refractivity contribution < 1.29 is 27.8 Å². The number of hydrogen-bond donors (Lipinski definition) is 2. The quantitative estimate of drug-likeness (QED) is 0.398. The molecule has 2 aromatic carbocycles. The van der Waals surface area contributed by atoms with Crippen LogP contribution < -0.4 is 5.32 Å². The van der Waals surface area contributed by atoms with Crippen molar-refractivity contribution in [3.63, 3.8) is 0 Å². The van der Waals surface area contributed by atoms with Gasteiger partial charge in [0.2, 0.25) is 0 Å². The molecule has 0 saturated carbocycles. The molecule has 3 aromatic rings. The van der Waals surface area contributed by atoms with Crippen LogP contribution in [0.25, 0.3) is 11.3 Å². The van der Waals surface area contributed by atoms with Crippen LogP contribution in [0.2, 0.25) is 0 Å². The summed E-state index contributed by atoms with van der Waals surface area (Å²) in [5.74, 6) is -1.82. The first-order chi connectivity index (χ1) is 19.7. The third kappa shape index (κ3) is 6.66. The predicted octanol–water partition coefficient (Wildman–Crippen LogP) is 4.42. The highest BCUT2D eigenvalue weighted by atomic mass is 19.1. The van der Waals surface area contributed by atoms with Gasteiger partial charge in [-0.2, -0.15) is 0 Å². The molecule has 220 valence electrons. The second-order valence-electron chi connectivity index (χ2n) is 11.2. The first-order valence-electron chi connectivity index (χ1n) is 14.2. The number of rotatable bonds is 9. The number of nitrogens with zero attached hydrogens (tertiary/aromatic N) is 3. The molecule has 0 radical (unpaired) electrons. The van der Waals surface area contributed by atoms with E-state index in [-0.39, 0.29) is 30.3 Å². The lowest BCUT2D eigenvalue weighted by Gasteiger charge is -2.40. The summed E-state index contributed by atoms with van der Waals surface area (Å²) in [4.78, 5) is 20.1. The monoisotopic (exact) mass is 570 g/mol. The first kappa shape index (κ1) is 29.3. The number of nitrogens with one attached hydrogen (secondary N) is 1. The van der Waals surface area contributed by atoms with Crippen LogP contribution >= 0.6 is 0 Å². The van der Waals surface area contributed by atoms with Crippen LogP contribution in [-0.4, -0.2) is 70.6 Å². The summed E-state index contributed by atoms with van der Waals surface area (Å²) < 4.78 is 51.5. The van der Waals surface area contributed by atoms with E-state index in [9.17, 15) is 23.1 Å². The fourth-order valence-corrected chi connectivity index (χ4v) is 5.97. The number of aromatic nitrogens is 2. The minimum atomic E-state index is -1.31. The number of amides is 1. The van der Waals surface area contributed by atoms with Gasteiger partial charge in [0.25, 0.3) is 5.91 Å². The molecule has 0 bridgehead atoms. The molecule has 2 N–H and O–H groups in total. The number of carbonyl (C=O) groups excluding carboxylic acids is 1. The van der Waals surface area contributed by atoms with Crippen LogP contribution in [-0.2, 0) is 16.1 Å². The van der Waals surface area contributed by atoms with Crippen molar-refractivity contribution >= 4 is 5.91 Å². The first-order valence-corrected chi connectivity index (χ1v) is 14.2. The Bertz CT molecular complexity index is 1360. The highest BCUT2D eigenvalue weighted by Crippen LogP contribution is 2.38. The summed E-state index contributed by atoms with van der Waals surface area (Å²) in [5, 5.41) is 13.5. The minimum Gasteiger partial charge on any atom is -0.384 e. The van der Waals surface area contributed by atoms with Gasteiger partial charge in [0.15, 0.2) is 0 Å². The molecule has 41 heavy (non-hydrogen) atoms. The number of imidazole rings is 1. The molecule has 4 unspecified atom stereocenters. The molecule has 2 aliphatic rings. The molecular formula is C31H37F3N4O3. The summed E-state index contributed by atoms with van der Waals surface area (Å²) in [6, 6.07) is 10.5. The average Bonchev–Trinajstić information content (AvgIpc) is 3.55. The van der Waals surface area contributed by atoms with Gasteiger partial charge < -0.3 is 24.6 Å². The fraction of sp³-hybridized carbons (Fsp3) is 0.484. The molecule has 0 aliphatic carbocycles. The van der Waals surface area contributed by atoms with Crippen molar-refractivity contribution in [2.45, 2.75) is 51.6 Å². The summed E-state index contributed by atoms with van der Waals surface area (Å²) >= 11 is 0. The van der Waals surface area contributed by atoms with E-state index in [0.717, 1.165) is 29.3 Å². The van der Waals surface area contributed by atoms with Crippen LogP contribution in [0.3, 0.4) is 0 Å². The molecule has 7 nitrogen and oxygen atoms in total. The Hall–Kier alpha value is -3.21. The molecule has 2 fully saturated rings. The van der Waals surface area contributed by atoms with Crippen LogP contribution in [0.4, 0.5) is 13.2 Å². The van der Waals surface area contributed by atoms with E-state index in [1.54, 1.807) is 11.1 Å². The number of halogens is 3. The zero-order valence-corrected chi connectivity index (χ0v) is 23.4. The minimum absolute atomic E-state index is 0.0113. The number of hydrogen-bond acceptors (Lipinski definition) is 5. The number of benzene rings is 2. The largest absolute Gasteiger partial charge is 0.384 e. The van der Waals surface area contributed by atoms with Crippen LogP contribution in [0.15, 0.2) is 48.7 Å². The molecule has 0 spiro atoms. The van der Waals surface area contributed by atoms with Crippen molar-refractivity contribution in [3.8, 4) is 11.3 Å². The smallest absolute Gasteiger partial charge is 0.251 e. The van der Waals surface area contributed by atoms with E-state index in [4.69, 9.17) is 9.72 Å². The highest BCUT2D eigenvalue weighted by molar-refractivity contribution is 5.80. The number of alkyl halides is 1. The lowest BCUT2D eigenvalue weighted by molar-refractivity contribution is -0.145. The van der Waals surface area contributed by atoms with Gasteiger partial charge in [-0.1, -0.05) is 29.8 Å². The Morgan fingerprint density at radius 1 is 1.20 bits per heavy atom. The summed E-state index contributed by atoms with van der Waals surface area (Å²) in [6.45, 7) is 5.43. The molecule has 1 amide bonds. The summed E-state index contributed by atoms with van der Waals surface area (Å²) in [5.41, 5.74) is 2.28. The van der Waals surface area contributed by atoms with E-state index in [0.29, 0.717) is 45.0 Å². The summed E-state index contributed by atoms with van der Waals surface area (Å²) in [6.07, 6.45) is 0.472. The predicted molar refractivity (Wildman–Crippen MR) is 149 cm³/mol. The van der Waals surface area contributed by atoms with Gasteiger partial charge in [-0.3, -0.25) is 4.79 Å². The van der Waals surface area contributed by atoms with Gasteiger partial charge in [0.1, 0.15) is 29.7 Å². The van der Waals surface area contributed by atoms with E-state index < -0.39 is 41.8 Å². The maximum Gasteiger partial charge on any atom is 0.251 e. The van der Waals surface area contributed by atoms with E-state index in [2.05, 4.69) is 5.32 Å². The van der Waals surface area contributed by atoms with Crippen molar-refractivity contribution in [2.75, 3.05) is 32.8 Å². The Morgan fingerprint density at radius 2 is 1.98 bits per heavy atom. The normalized spacial score (nSPS) is 21.1. The van der Waals surface area contributed by atoms with Crippen molar-refractivity contribution in [1.82, 2.24) is 19.8 Å². The van der Waals surface area contributed by atoms with Gasteiger partial charge in [-0.05, 0) is 56.4 Å². The van der Waals surface area contributed by atoms with Gasteiger partial charge in [-0.15, -0.1) is 0 Å². The number of aryl methyl sites for hydroxylation is 1. The van der Waals surface area contributed by atoms with Crippen molar-refractivity contribution in [3.05, 3.63) is 77.2 Å². The molecule has 4 atom stereocenters. The summed E-state index contributed by atoms with van der Waals surface area (Å²) in [7, 11) is 0. The van der Waals surface area contributed by atoms with Gasteiger partial charge in [0, 0.05) is 57.1 Å². The number of carbonyl (C=O) groups is 1. The zero-order valence-electron chi connectivity index (χ0n) is 23.4. The topological polar surface area (TPSA) is 79.6 Å². The second kappa shape index (κ2) is 12.8. The number of aliphatic hydroxyl groups is 1. The molecule has 2 aliphatic heterocycles. The Labute approximate surface area is 238 Å².